The van der Waals surface area contributed by atoms with E-state index in [4.69, 9.17) is 10.5 Å². The van der Waals surface area contributed by atoms with Gasteiger partial charge in [-0.1, -0.05) is 17.7 Å². The highest BCUT2D eigenvalue weighted by atomic mass is 127. The van der Waals surface area contributed by atoms with Gasteiger partial charge in [-0.3, -0.25) is 9.89 Å². The third-order valence-electron chi connectivity index (χ3n) is 4.24. The van der Waals surface area contributed by atoms with Crippen molar-refractivity contribution in [1.29, 1.82) is 0 Å². The molecule has 0 bridgehead atoms. The van der Waals surface area contributed by atoms with Crippen molar-refractivity contribution < 1.29 is 4.74 Å². The Hall–Kier alpha value is -0.860. The average molecular weight is 446 g/mol. The first kappa shape index (κ1) is 21.2. The van der Waals surface area contributed by atoms with Gasteiger partial charge < -0.3 is 15.8 Å². The van der Waals surface area contributed by atoms with Crippen molar-refractivity contribution in [3.8, 4) is 0 Å². The summed E-state index contributed by atoms with van der Waals surface area (Å²) in [4.78, 5) is 6.98. The third-order valence-corrected chi connectivity index (χ3v) is 4.24. The smallest absolute Gasteiger partial charge is 0.193 e. The van der Waals surface area contributed by atoms with E-state index in [0.717, 1.165) is 18.8 Å². The van der Waals surface area contributed by atoms with Crippen LogP contribution in [0.2, 0.25) is 0 Å². The van der Waals surface area contributed by atoms with Crippen molar-refractivity contribution in [2.45, 2.75) is 52.4 Å². The fourth-order valence-electron chi connectivity index (χ4n) is 2.88. The van der Waals surface area contributed by atoms with Gasteiger partial charge in [0.15, 0.2) is 5.96 Å². The highest BCUT2D eigenvalue weighted by molar-refractivity contribution is 14.0. The van der Waals surface area contributed by atoms with Gasteiger partial charge in [0.05, 0.1) is 18.8 Å². The van der Waals surface area contributed by atoms with E-state index in [0.29, 0.717) is 12.5 Å². The molecule has 0 saturated carbocycles. The molecule has 1 aliphatic heterocycles. The van der Waals surface area contributed by atoms with Crippen LogP contribution in [0.15, 0.2) is 29.3 Å². The number of aliphatic imine (C=N–C) groups is 1. The van der Waals surface area contributed by atoms with E-state index < -0.39 is 0 Å². The van der Waals surface area contributed by atoms with E-state index in [1.807, 2.05) is 12.1 Å². The second-order valence-electron chi connectivity index (χ2n) is 7.17. The van der Waals surface area contributed by atoms with Crippen LogP contribution in [0.3, 0.4) is 0 Å². The largest absolute Gasteiger partial charge is 0.373 e. The van der Waals surface area contributed by atoms with Gasteiger partial charge in [-0.2, -0.15) is 0 Å². The molecule has 2 unspecified atom stereocenters. The average Bonchev–Trinajstić information content (AvgIpc) is 2.47. The lowest BCUT2D eigenvalue weighted by Gasteiger charge is -2.44. The van der Waals surface area contributed by atoms with Gasteiger partial charge in [-0.25, -0.2) is 0 Å². The first-order valence-corrected chi connectivity index (χ1v) is 8.30. The molecule has 0 radical (unpaired) electrons. The maximum Gasteiger partial charge on any atom is 0.193 e. The minimum atomic E-state index is -0.0497. The summed E-state index contributed by atoms with van der Waals surface area (Å²) < 4.78 is 5.81. The standard InChI is InChI=1S/C18H30N4O.HI/c1-13-6-8-16(9-7-13)21-17(19)20-12-18(4,5)22-10-14(2)23-15(3)11-22;/h6-9,14-15H,10-12H2,1-5H3,(H3,19,20,21);1H. The Morgan fingerprint density at radius 2 is 1.79 bits per heavy atom. The van der Waals surface area contributed by atoms with Gasteiger partial charge in [0.25, 0.3) is 0 Å². The quantitative estimate of drug-likeness (QED) is 0.424. The van der Waals surface area contributed by atoms with Crippen molar-refractivity contribution >= 4 is 35.6 Å². The van der Waals surface area contributed by atoms with E-state index in [2.05, 4.69) is 62.0 Å². The second-order valence-corrected chi connectivity index (χ2v) is 7.17. The predicted octanol–water partition coefficient (Wildman–Crippen LogP) is 3.23. The summed E-state index contributed by atoms with van der Waals surface area (Å²) in [7, 11) is 0. The second kappa shape index (κ2) is 9.01. The Morgan fingerprint density at radius 3 is 2.33 bits per heavy atom. The number of hydrogen-bond acceptors (Lipinski definition) is 3. The number of halogens is 1. The summed E-state index contributed by atoms with van der Waals surface area (Å²) in [5.74, 6) is 0.455. The minimum Gasteiger partial charge on any atom is -0.373 e. The highest BCUT2D eigenvalue weighted by Gasteiger charge is 2.33. The summed E-state index contributed by atoms with van der Waals surface area (Å²) in [5.41, 5.74) is 8.17. The number of benzene rings is 1. The molecule has 5 nitrogen and oxygen atoms in total. The monoisotopic (exact) mass is 446 g/mol. The van der Waals surface area contributed by atoms with Gasteiger partial charge in [-0.15, -0.1) is 24.0 Å². The Labute approximate surface area is 163 Å². The van der Waals surface area contributed by atoms with Crippen molar-refractivity contribution in [1.82, 2.24) is 4.90 Å². The number of morpholine rings is 1. The van der Waals surface area contributed by atoms with E-state index in [-0.39, 0.29) is 41.7 Å². The fraction of sp³-hybridized carbons (Fsp3) is 0.611. The predicted molar refractivity (Wildman–Crippen MR) is 112 cm³/mol. The van der Waals surface area contributed by atoms with Crippen LogP contribution in [0, 0.1) is 6.92 Å². The lowest BCUT2D eigenvalue weighted by molar-refractivity contribution is -0.0939. The lowest BCUT2D eigenvalue weighted by Crippen LogP contribution is -2.56. The molecule has 1 aliphatic rings. The zero-order valence-corrected chi connectivity index (χ0v) is 17.7. The van der Waals surface area contributed by atoms with Crippen LogP contribution < -0.4 is 11.1 Å². The van der Waals surface area contributed by atoms with Crippen LogP contribution in [0.1, 0.15) is 33.3 Å². The maximum atomic E-state index is 6.03. The summed E-state index contributed by atoms with van der Waals surface area (Å²) in [6.45, 7) is 13.2. The number of ether oxygens (including phenoxy) is 1. The molecule has 1 saturated heterocycles. The van der Waals surface area contributed by atoms with Crippen LogP contribution >= 0.6 is 24.0 Å². The van der Waals surface area contributed by atoms with E-state index in [1.54, 1.807) is 0 Å². The molecular weight excluding hydrogens is 415 g/mol. The van der Waals surface area contributed by atoms with Crippen LogP contribution in [-0.2, 0) is 4.74 Å². The van der Waals surface area contributed by atoms with Crippen molar-refractivity contribution in [3.05, 3.63) is 29.8 Å². The normalized spacial score (nSPS) is 22.8. The Kier molecular flexibility index (Phi) is 7.95. The lowest BCUT2D eigenvalue weighted by atomic mass is 10.0. The van der Waals surface area contributed by atoms with Crippen LogP contribution in [-0.4, -0.2) is 48.2 Å². The van der Waals surface area contributed by atoms with Crippen LogP contribution in [0.4, 0.5) is 5.69 Å². The summed E-state index contributed by atoms with van der Waals surface area (Å²) >= 11 is 0. The number of anilines is 1. The molecule has 136 valence electrons. The van der Waals surface area contributed by atoms with Crippen molar-refractivity contribution in [2.75, 3.05) is 25.0 Å². The first-order chi connectivity index (χ1) is 10.8. The molecule has 1 fully saturated rings. The Bertz CT molecular complexity index is 534. The Balaban J connectivity index is 0.00000288. The van der Waals surface area contributed by atoms with E-state index in [1.165, 1.54) is 5.56 Å². The fourth-order valence-corrected chi connectivity index (χ4v) is 2.88. The number of nitrogens with two attached hydrogens (primary N) is 1. The molecule has 1 heterocycles. The van der Waals surface area contributed by atoms with Gasteiger partial charge >= 0.3 is 0 Å². The third kappa shape index (κ3) is 6.22. The minimum absolute atomic E-state index is 0. The van der Waals surface area contributed by atoms with Crippen molar-refractivity contribution in [3.63, 3.8) is 0 Å². The molecule has 0 aliphatic carbocycles. The van der Waals surface area contributed by atoms with Gasteiger partial charge in [0.1, 0.15) is 0 Å². The number of nitrogens with zero attached hydrogens (tertiary/aromatic N) is 2. The summed E-state index contributed by atoms with van der Waals surface area (Å²) in [6, 6.07) is 8.12. The summed E-state index contributed by atoms with van der Waals surface area (Å²) in [5, 5.41) is 3.15. The topological polar surface area (TPSA) is 62.9 Å². The maximum absolute atomic E-state index is 6.03. The van der Waals surface area contributed by atoms with Crippen LogP contribution in [0.5, 0.6) is 0 Å². The summed E-state index contributed by atoms with van der Waals surface area (Å²) in [6.07, 6.45) is 0.509. The molecule has 1 aromatic carbocycles. The van der Waals surface area contributed by atoms with Gasteiger partial charge in [-0.05, 0) is 46.8 Å². The number of aryl methyl sites for hydroxylation is 1. The number of nitrogens with one attached hydrogen (secondary N) is 1. The molecule has 0 spiro atoms. The van der Waals surface area contributed by atoms with E-state index in [9.17, 15) is 0 Å². The highest BCUT2D eigenvalue weighted by Crippen LogP contribution is 2.21. The number of guanidine groups is 1. The molecule has 24 heavy (non-hydrogen) atoms. The van der Waals surface area contributed by atoms with Gasteiger partial charge in [0, 0.05) is 24.3 Å². The SMILES string of the molecule is Cc1ccc(NC(N)=NCC(C)(C)N2CC(C)OC(C)C2)cc1.I. The first-order valence-electron chi connectivity index (χ1n) is 8.30. The van der Waals surface area contributed by atoms with Gasteiger partial charge in [0.2, 0.25) is 0 Å². The molecule has 6 heteroatoms. The number of hydrogen-bond donors (Lipinski definition) is 2. The molecule has 3 N–H and O–H groups in total. The molecule has 0 aromatic heterocycles. The molecule has 0 amide bonds. The van der Waals surface area contributed by atoms with Crippen molar-refractivity contribution in [2.24, 2.45) is 10.7 Å². The molecular formula is C18H31IN4O. The van der Waals surface area contributed by atoms with Crippen LogP contribution in [0.25, 0.3) is 0 Å². The molecule has 1 aromatic rings. The molecule has 2 rings (SSSR count). The molecule has 2 atom stereocenters. The number of rotatable bonds is 4. The van der Waals surface area contributed by atoms with E-state index >= 15 is 0 Å². The zero-order valence-electron chi connectivity index (χ0n) is 15.4. The Morgan fingerprint density at radius 1 is 1.25 bits per heavy atom. The zero-order chi connectivity index (χ0) is 17.0.